The number of rotatable bonds is 2. The lowest BCUT2D eigenvalue weighted by molar-refractivity contribution is -0.140. The standard InChI is InChI=1S/C11H11F4NO/c1-6(2)16-10(17)7-4-3-5-8(9(7)12)11(13,14)15/h3-6H,1-2H3,(H,16,17). The van der Waals surface area contributed by atoms with Crippen molar-refractivity contribution in [2.24, 2.45) is 0 Å². The lowest BCUT2D eigenvalue weighted by Gasteiger charge is -2.12. The highest BCUT2D eigenvalue weighted by Gasteiger charge is 2.35. The van der Waals surface area contributed by atoms with Crippen molar-refractivity contribution < 1.29 is 22.4 Å². The molecule has 0 spiro atoms. The zero-order valence-electron chi connectivity index (χ0n) is 9.23. The van der Waals surface area contributed by atoms with Crippen LogP contribution in [0, 0.1) is 5.82 Å². The molecule has 2 nitrogen and oxygen atoms in total. The number of amides is 1. The fourth-order valence-corrected chi connectivity index (χ4v) is 1.27. The van der Waals surface area contributed by atoms with Gasteiger partial charge in [-0.3, -0.25) is 4.79 Å². The molecular weight excluding hydrogens is 238 g/mol. The van der Waals surface area contributed by atoms with Crippen LogP contribution in [0.3, 0.4) is 0 Å². The average molecular weight is 249 g/mol. The second-order valence-electron chi connectivity index (χ2n) is 3.79. The van der Waals surface area contributed by atoms with Crippen LogP contribution in [0.25, 0.3) is 0 Å². The van der Waals surface area contributed by atoms with Gasteiger partial charge in [-0.15, -0.1) is 0 Å². The summed E-state index contributed by atoms with van der Waals surface area (Å²) in [6.07, 6.45) is -4.81. The molecule has 0 saturated heterocycles. The Morgan fingerprint density at radius 1 is 1.29 bits per heavy atom. The SMILES string of the molecule is CC(C)NC(=O)c1cccc(C(F)(F)F)c1F. The van der Waals surface area contributed by atoms with Crippen molar-refractivity contribution in [3.05, 3.63) is 35.1 Å². The van der Waals surface area contributed by atoms with E-state index in [-0.39, 0.29) is 6.04 Å². The predicted octanol–water partition coefficient (Wildman–Crippen LogP) is 2.98. The molecule has 1 aromatic carbocycles. The third-order valence-electron chi connectivity index (χ3n) is 1.97. The van der Waals surface area contributed by atoms with Crippen LogP contribution in [0.5, 0.6) is 0 Å². The van der Waals surface area contributed by atoms with Gasteiger partial charge >= 0.3 is 6.18 Å². The third-order valence-corrected chi connectivity index (χ3v) is 1.97. The summed E-state index contributed by atoms with van der Waals surface area (Å²) >= 11 is 0. The maximum Gasteiger partial charge on any atom is 0.419 e. The Bertz CT molecular complexity index is 426. The Hall–Kier alpha value is -1.59. The molecule has 0 aromatic heterocycles. The van der Waals surface area contributed by atoms with Crippen molar-refractivity contribution in [2.45, 2.75) is 26.1 Å². The van der Waals surface area contributed by atoms with Gasteiger partial charge < -0.3 is 5.32 Å². The minimum Gasteiger partial charge on any atom is -0.350 e. The van der Waals surface area contributed by atoms with E-state index in [0.29, 0.717) is 6.07 Å². The van der Waals surface area contributed by atoms with Crippen molar-refractivity contribution in [3.8, 4) is 0 Å². The first kappa shape index (κ1) is 13.5. The van der Waals surface area contributed by atoms with Crippen molar-refractivity contribution in [3.63, 3.8) is 0 Å². The minimum absolute atomic E-state index is 0.281. The zero-order chi connectivity index (χ0) is 13.2. The summed E-state index contributed by atoms with van der Waals surface area (Å²) in [5.74, 6) is -2.40. The van der Waals surface area contributed by atoms with Gasteiger partial charge in [-0.05, 0) is 26.0 Å². The number of benzene rings is 1. The van der Waals surface area contributed by atoms with Crippen LogP contribution in [-0.4, -0.2) is 11.9 Å². The van der Waals surface area contributed by atoms with E-state index in [1.54, 1.807) is 13.8 Å². The van der Waals surface area contributed by atoms with Gasteiger partial charge in [-0.1, -0.05) is 6.07 Å². The maximum absolute atomic E-state index is 13.5. The first-order valence-electron chi connectivity index (χ1n) is 4.90. The van der Waals surface area contributed by atoms with Gasteiger partial charge in [0, 0.05) is 6.04 Å². The Morgan fingerprint density at radius 2 is 1.88 bits per heavy atom. The van der Waals surface area contributed by atoms with Gasteiger partial charge in [0.15, 0.2) is 0 Å². The van der Waals surface area contributed by atoms with E-state index >= 15 is 0 Å². The molecule has 17 heavy (non-hydrogen) atoms. The summed E-state index contributed by atoms with van der Waals surface area (Å²) in [4.78, 5) is 11.4. The van der Waals surface area contributed by atoms with Gasteiger partial charge in [-0.2, -0.15) is 13.2 Å². The number of hydrogen-bond donors (Lipinski definition) is 1. The minimum atomic E-state index is -4.81. The Labute approximate surface area is 95.6 Å². The largest absolute Gasteiger partial charge is 0.419 e. The van der Waals surface area contributed by atoms with Gasteiger partial charge in [0.05, 0.1) is 11.1 Å². The van der Waals surface area contributed by atoms with Crippen LogP contribution >= 0.6 is 0 Å². The van der Waals surface area contributed by atoms with Crippen LogP contribution in [-0.2, 0) is 6.18 Å². The maximum atomic E-state index is 13.5. The van der Waals surface area contributed by atoms with Crippen LogP contribution in [0.2, 0.25) is 0 Å². The third kappa shape index (κ3) is 3.18. The highest BCUT2D eigenvalue weighted by molar-refractivity contribution is 5.94. The fraction of sp³-hybridized carbons (Fsp3) is 0.364. The molecule has 0 atom stereocenters. The highest BCUT2D eigenvalue weighted by atomic mass is 19.4. The second kappa shape index (κ2) is 4.73. The fourth-order valence-electron chi connectivity index (χ4n) is 1.27. The summed E-state index contributed by atoms with van der Waals surface area (Å²) in [5.41, 5.74) is -2.04. The smallest absolute Gasteiger partial charge is 0.350 e. The van der Waals surface area contributed by atoms with Crippen LogP contribution in [0.15, 0.2) is 18.2 Å². The number of carbonyl (C=O) groups is 1. The summed E-state index contributed by atoms with van der Waals surface area (Å²) in [5, 5.41) is 2.33. The molecule has 0 aliphatic heterocycles. The molecule has 6 heteroatoms. The van der Waals surface area contributed by atoms with Crippen LogP contribution in [0.1, 0.15) is 29.8 Å². The summed E-state index contributed by atoms with van der Waals surface area (Å²) in [6.45, 7) is 3.26. The van der Waals surface area contributed by atoms with Crippen LogP contribution in [0.4, 0.5) is 17.6 Å². The molecule has 0 fully saturated rings. The lowest BCUT2D eigenvalue weighted by Crippen LogP contribution is -2.31. The van der Waals surface area contributed by atoms with Crippen molar-refractivity contribution in [1.82, 2.24) is 5.32 Å². The summed E-state index contributed by atoms with van der Waals surface area (Å²) < 4.78 is 50.6. The molecule has 1 amide bonds. The number of nitrogens with one attached hydrogen (secondary N) is 1. The van der Waals surface area contributed by atoms with Crippen molar-refractivity contribution >= 4 is 5.91 Å². The van der Waals surface area contributed by atoms with Gasteiger partial charge in [0.1, 0.15) is 5.82 Å². The number of halogens is 4. The highest BCUT2D eigenvalue weighted by Crippen LogP contribution is 2.32. The van der Waals surface area contributed by atoms with E-state index in [9.17, 15) is 22.4 Å². The van der Waals surface area contributed by atoms with Crippen LogP contribution < -0.4 is 5.32 Å². The molecule has 0 heterocycles. The van der Waals surface area contributed by atoms with E-state index in [4.69, 9.17) is 0 Å². The van der Waals surface area contributed by atoms with Crippen molar-refractivity contribution in [1.29, 1.82) is 0 Å². The monoisotopic (exact) mass is 249 g/mol. The molecule has 0 aliphatic rings. The summed E-state index contributed by atoms with van der Waals surface area (Å²) in [6, 6.07) is 2.33. The molecule has 1 rings (SSSR count). The van der Waals surface area contributed by atoms with Gasteiger partial charge in [0.2, 0.25) is 0 Å². The molecule has 0 saturated carbocycles. The van der Waals surface area contributed by atoms with E-state index in [1.165, 1.54) is 0 Å². The average Bonchev–Trinajstić information content (AvgIpc) is 2.14. The first-order chi connectivity index (χ1) is 7.73. The number of carbonyl (C=O) groups excluding carboxylic acids is 1. The topological polar surface area (TPSA) is 29.1 Å². The van der Waals surface area contributed by atoms with E-state index in [1.807, 2.05) is 0 Å². The molecule has 0 radical (unpaired) electrons. The Morgan fingerprint density at radius 3 is 2.35 bits per heavy atom. The molecule has 1 N–H and O–H groups in total. The second-order valence-corrected chi connectivity index (χ2v) is 3.79. The molecular formula is C11H11F4NO. The molecule has 0 unspecified atom stereocenters. The first-order valence-corrected chi connectivity index (χ1v) is 4.90. The molecule has 0 bridgehead atoms. The summed E-state index contributed by atoms with van der Waals surface area (Å²) in [7, 11) is 0. The van der Waals surface area contributed by atoms with E-state index in [0.717, 1.165) is 12.1 Å². The Kier molecular flexibility index (Phi) is 3.75. The quantitative estimate of drug-likeness (QED) is 0.802. The van der Waals surface area contributed by atoms with Gasteiger partial charge in [0.25, 0.3) is 5.91 Å². The van der Waals surface area contributed by atoms with E-state index < -0.39 is 29.0 Å². The number of alkyl halides is 3. The van der Waals surface area contributed by atoms with E-state index in [2.05, 4.69) is 5.32 Å². The van der Waals surface area contributed by atoms with Gasteiger partial charge in [-0.25, -0.2) is 4.39 Å². The number of hydrogen-bond acceptors (Lipinski definition) is 1. The normalized spacial score (nSPS) is 11.7. The molecule has 1 aromatic rings. The lowest BCUT2D eigenvalue weighted by atomic mass is 10.1. The Balaban J connectivity index is 3.15. The molecule has 94 valence electrons. The zero-order valence-corrected chi connectivity index (χ0v) is 9.23. The predicted molar refractivity (Wildman–Crippen MR) is 54.0 cm³/mol. The van der Waals surface area contributed by atoms with Crippen molar-refractivity contribution in [2.75, 3.05) is 0 Å². The molecule has 0 aliphatic carbocycles.